The molecule has 0 aliphatic carbocycles. The molecule has 0 bridgehead atoms. The highest BCUT2D eigenvalue weighted by atomic mass is 32.2. The molecule has 1 aromatic carbocycles. The SMILES string of the molecule is C=C/C=C(\C=C)NC(=O)Nc1ccc(N(CC)S(=O)(=O)C2=CN(C(C)=N)N=CC2)cc1. The number of urea groups is 1. The fraction of sp³-hybridized carbons (Fsp3) is 0.190. The Hall–Kier alpha value is -3.66. The average Bonchev–Trinajstić information content (AvgIpc) is 2.75. The van der Waals surface area contributed by atoms with Gasteiger partial charge in [-0.25, -0.2) is 18.2 Å². The third-order valence-electron chi connectivity index (χ3n) is 4.21. The minimum atomic E-state index is -3.82. The Balaban J connectivity index is 2.19. The van der Waals surface area contributed by atoms with Gasteiger partial charge in [0.1, 0.15) is 5.84 Å². The van der Waals surface area contributed by atoms with Crippen LogP contribution in [-0.4, -0.2) is 38.1 Å². The van der Waals surface area contributed by atoms with Crippen LogP contribution in [0.2, 0.25) is 0 Å². The number of carbonyl (C=O) groups excluding carboxylic acids is 1. The quantitative estimate of drug-likeness (QED) is 0.323. The lowest BCUT2D eigenvalue weighted by Gasteiger charge is -2.26. The molecule has 1 heterocycles. The predicted octanol–water partition coefficient (Wildman–Crippen LogP) is 3.75. The van der Waals surface area contributed by atoms with Crippen LogP contribution in [0.15, 0.2) is 77.6 Å². The molecule has 1 aliphatic heterocycles. The zero-order valence-electron chi connectivity index (χ0n) is 17.5. The highest BCUT2D eigenvalue weighted by Crippen LogP contribution is 2.27. The fourth-order valence-corrected chi connectivity index (χ4v) is 4.26. The van der Waals surface area contributed by atoms with Gasteiger partial charge in [0.2, 0.25) is 0 Å². The van der Waals surface area contributed by atoms with Crippen LogP contribution in [0.25, 0.3) is 0 Å². The second kappa shape index (κ2) is 10.4. The van der Waals surface area contributed by atoms with Crippen molar-refractivity contribution in [3.05, 3.63) is 72.5 Å². The minimum Gasteiger partial charge on any atom is -0.308 e. The van der Waals surface area contributed by atoms with Gasteiger partial charge in [-0.05, 0) is 50.3 Å². The van der Waals surface area contributed by atoms with Crippen LogP contribution in [0.4, 0.5) is 16.2 Å². The second-order valence-corrected chi connectivity index (χ2v) is 8.30. The summed E-state index contributed by atoms with van der Waals surface area (Å²) in [5, 5.41) is 18.2. The number of hydrazone groups is 1. The topological polar surface area (TPSA) is 118 Å². The Morgan fingerprint density at radius 3 is 2.55 bits per heavy atom. The fourth-order valence-electron chi connectivity index (χ4n) is 2.72. The lowest BCUT2D eigenvalue weighted by atomic mass is 10.3. The number of amides is 2. The van der Waals surface area contributed by atoms with Crippen LogP contribution >= 0.6 is 0 Å². The zero-order chi connectivity index (χ0) is 23.0. The van der Waals surface area contributed by atoms with Crippen molar-refractivity contribution in [3.8, 4) is 0 Å². The van der Waals surface area contributed by atoms with Gasteiger partial charge >= 0.3 is 6.03 Å². The minimum absolute atomic E-state index is 0.114. The molecule has 0 spiro atoms. The van der Waals surface area contributed by atoms with Crippen molar-refractivity contribution in [1.82, 2.24) is 10.3 Å². The van der Waals surface area contributed by atoms with Gasteiger partial charge in [-0.1, -0.05) is 19.2 Å². The summed E-state index contributed by atoms with van der Waals surface area (Å²) in [6, 6.07) is 5.99. The largest absolute Gasteiger partial charge is 0.323 e. The molecule has 0 aromatic heterocycles. The molecule has 0 fully saturated rings. The first-order valence-corrected chi connectivity index (χ1v) is 10.9. The molecule has 1 aliphatic rings. The van der Waals surface area contributed by atoms with Gasteiger partial charge in [0.05, 0.1) is 10.6 Å². The summed E-state index contributed by atoms with van der Waals surface area (Å²) in [5.41, 5.74) is 1.44. The third-order valence-corrected chi connectivity index (χ3v) is 6.19. The molecule has 3 N–H and O–H groups in total. The van der Waals surface area contributed by atoms with Crippen LogP contribution < -0.4 is 14.9 Å². The maximum absolute atomic E-state index is 13.2. The molecule has 0 saturated heterocycles. The molecule has 164 valence electrons. The maximum Gasteiger partial charge on any atom is 0.323 e. The van der Waals surface area contributed by atoms with Crippen molar-refractivity contribution in [2.75, 3.05) is 16.2 Å². The smallest absolute Gasteiger partial charge is 0.308 e. The van der Waals surface area contributed by atoms with E-state index in [4.69, 9.17) is 5.41 Å². The lowest BCUT2D eigenvalue weighted by molar-refractivity contribution is 0.254. The van der Waals surface area contributed by atoms with Crippen molar-refractivity contribution in [1.29, 1.82) is 5.41 Å². The number of nitrogens with zero attached hydrogens (tertiary/aromatic N) is 3. The van der Waals surface area contributed by atoms with Crippen molar-refractivity contribution >= 4 is 39.5 Å². The van der Waals surface area contributed by atoms with Gasteiger partial charge in [-0.15, -0.1) is 0 Å². The number of benzene rings is 1. The Kier molecular flexibility index (Phi) is 7.92. The summed E-state index contributed by atoms with van der Waals surface area (Å²) in [6.45, 7) is 10.6. The first-order valence-electron chi connectivity index (χ1n) is 9.46. The number of nitrogens with one attached hydrogen (secondary N) is 3. The Morgan fingerprint density at radius 1 is 1.32 bits per heavy atom. The number of anilines is 2. The molecule has 9 nitrogen and oxygen atoms in total. The molecule has 2 amide bonds. The van der Waals surface area contributed by atoms with Crippen LogP contribution in [0.5, 0.6) is 0 Å². The van der Waals surface area contributed by atoms with Crippen LogP contribution in [-0.2, 0) is 10.0 Å². The molecule has 0 saturated carbocycles. The molecule has 2 rings (SSSR count). The summed E-state index contributed by atoms with van der Waals surface area (Å²) in [5.74, 6) is 0.114. The van der Waals surface area contributed by atoms with Gasteiger partial charge in [0.25, 0.3) is 10.0 Å². The monoisotopic (exact) mass is 442 g/mol. The van der Waals surface area contributed by atoms with E-state index in [0.717, 1.165) is 0 Å². The Labute approximate surface area is 182 Å². The van der Waals surface area contributed by atoms with E-state index in [-0.39, 0.29) is 23.7 Å². The van der Waals surface area contributed by atoms with E-state index < -0.39 is 16.1 Å². The van der Waals surface area contributed by atoms with Crippen molar-refractivity contribution in [2.24, 2.45) is 5.10 Å². The normalized spacial score (nSPS) is 13.8. The average molecular weight is 443 g/mol. The number of hydrogen-bond acceptors (Lipinski definition) is 5. The molecule has 0 unspecified atom stereocenters. The first-order chi connectivity index (χ1) is 14.7. The second-order valence-electron chi connectivity index (χ2n) is 6.39. The third kappa shape index (κ3) is 5.92. The van der Waals surface area contributed by atoms with E-state index in [0.29, 0.717) is 17.1 Å². The highest BCUT2D eigenvalue weighted by molar-refractivity contribution is 7.96. The number of carbonyl (C=O) groups is 1. The molecule has 0 atom stereocenters. The number of hydrogen-bond donors (Lipinski definition) is 3. The molecule has 10 heteroatoms. The lowest BCUT2D eigenvalue weighted by Crippen LogP contribution is -2.34. The summed E-state index contributed by atoms with van der Waals surface area (Å²) >= 11 is 0. The van der Waals surface area contributed by atoms with E-state index in [1.54, 1.807) is 37.3 Å². The van der Waals surface area contributed by atoms with Gasteiger partial charge in [0.15, 0.2) is 0 Å². The van der Waals surface area contributed by atoms with Gasteiger partial charge in [-0.2, -0.15) is 5.10 Å². The summed E-state index contributed by atoms with van der Waals surface area (Å²) in [7, 11) is -3.82. The van der Waals surface area contributed by atoms with Crippen LogP contribution in [0.3, 0.4) is 0 Å². The number of sulfonamides is 1. The van der Waals surface area contributed by atoms with E-state index >= 15 is 0 Å². The molecule has 1 aromatic rings. The molecule has 0 radical (unpaired) electrons. The summed E-state index contributed by atoms with van der Waals surface area (Å²) in [6.07, 6.45) is 7.58. The predicted molar refractivity (Wildman–Crippen MR) is 125 cm³/mol. The van der Waals surface area contributed by atoms with E-state index in [9.17, 15) is 13.2 Å². The van der Waals surface area contributed by atoms with E-state index in [1.165, 1.54) is 40.8 Å². The van der Waals surface area contributed by atoms with E-state index in [2.05, 4.69) is 28.9 Å². The number of amidine groups is 1. The number of rotatable bonds is 8. The first kappa shape index (κ1) is 23.6. The van der Waals surface area contributed by atoms with E-state index in [1.807, 2.05) is 0 Å². The van der Waals surface area contributed by atoms with Crippen molar-refractivity contribution in [2.45, 2.75) is 20.3 Å². The number of allylic oxidation sites excluding steroid dienone is 4. The molecule has 31 heavy (non-hydrogen) atoms. The maximum atomic E-state index is 13.2. The Bertz CT molecular complexity index is 1060. The van der Waals surface area contributed by atoms with Gasteiger partial charge in [0, 0.05) is 36.8 Å². The Morgan fingerprint density at radius 2 is 2.00 bits per heavy atom. The van der Waals surface area contributed by atoms with Crippen molar-refractivity contribution in [3.63, 3.8) is 0 Å². The summed E-state index contributed by atoms with van der Waals surface area (Å²) < 4.78 is 27.6. The van der Waals surface area contributed by atoms with Crippen LogP contribution in [0.1, 0.15) is 20.3 Å². The summed E-state index contributed by atoms with van der Waals surface area (Å²) in [4.78, 5) is 12.2. The van der Waals surface area contributed by atoms with Gasteiger partial charge in [-0.3, -0.25) is 9.71 Å². The van der Waals surface area contributed by atoms with Crippen molar-refractivity contribution < 1.29 is 13.2 Å². The highest BCUT2D eigenvalue weighted by Gasteiger charge is 2.28. The standard InChI is InChI=1S/C21H26N6O3S/c1-5-8-17(6-2)24-21(28)25-18-9-11-19(12-10-18)27(7-3)31(29,30)20-13-14-23-26(15-20)16(4)22/h5-6,8-12,14-15,22H,1-2,7,13H2,3-4H3,(H2,24,25,28)/b17-8+,22-16?. The molecular formula is C21H26N6O3S. The van der Waals surface area contributed by atoms with Gasteiger partial charge < -0.3 is 10.6 Å². The molecular weight excluding hydrogens is 416 g/mol. The zero-order valence-corrected chi connectivity index (χ0v) is 18.3. The van der Waals surface area contributed by atoms with Crippen LogP contribution in [0, 0.1) is 5.41 Å².